The number of furan rings is 1. The van der Waals surface area contributed by atoms with E-state index >= 15 is 0 Å². The maximum atomic E-state index is 11.6. The monoisotopic (exact) mass is 302 g/mol. The number of carboxylic acids is 1. The molecule has 4 aromatic rings. The van der Waals surface area contributed by atoms with E-state index in [-0.39, 0.29) is 5.56 Å². The Morgan fingerprint density at radius 2 is 1.70 bits per heavy atom. The Morgan fingerprint density at radius 1 is 0.913 bits per heavy atom. The van der Waals surface area contributed by atoms with Gasteiger partial charge in [0, 0.05) is 16.3 Å². The summed E-state index contributed by atoms with van der Waals surface area (Å²) in [6, 6.07) is 19.1. The highest BCUT2D eigenvalue weighted by Gasteiger charge is 2.17. The topological polar surface area (TPSA) is 50.4 Å². The second-order valence-electron chi connectivity index (χ2n) is 5.63. The van der Waals surface area contributed by atoms with E-state index < -0.39 is 5.97 Å². The summed E-state index contributed by atoms with van der Waals surface area (Å²) < 4.78 is 6.01. The summed E-state index contributed by atoms with van der Waals surface area (Å²) in [6.45, 7) is 1.89. The number of rotatable bonds is 2. The molecule has 1 heterocycles. The van der Waals surface area contributed by atoms with Gasteiger partial charge in [-0.2, -0.15) is 0 Å². The van der Waals surface area contributed by atoms with E-state index in [9.17, 15) is 9.90 Å². The summed E-state index contributed by atoms with van der Waals surface area (Å²) in [5.74, 6) is -0.934. The van der Waals surface area contributed by atoms with Crippen molar-refractivity contribution < 1.29 is 14.3 Å². The minimum atomic E-state index is -0.934. The molecule has 3 aromatic carbocycles. The highest BCUT2D eigenvalue weighted by atomic mass is 16.4. The fraction of sp³-hybridized carbons (Fsp3) is 0.0500. The number of aromatic carboxylic acids is 1. The Bertz CT molecular complexity index is 1060. The summed E-state index contributed by atoms with van der Waals surface area (Å²) in [4.78, 5) is 11.6. The van der Waals surface area contributed by atoms with Gasteiger partial charge in [0.1, 0.15) is 11.2 Å². The highest BCUT2D eigenvalue weighted by molar-refractivity contribution is 6.11. The number of hydrogen-bond acceptors (Lipinski definition) is 2. The quantitative estimate of drug-likeness (QED) is 0.549. The molecule has 4 rings (SSSR count). The number of aryl methyl sites for hydroxylation is 1. The van der Waals surface area contributed by atoms with Crippen LogP contribution in [0.15, 0.2) is 65.1 Å². The van der Waals surface area contributed by atoms with E-state index in [4.69, 9.17) is 4.42 Å². The summed E-state index contributed by atoms with van der Waals surface area (Å²) >= 11 is 0. The lowest BCUT2D eigenvalue weighted by atomic mass is 9.96. The first-order chi connectivity index (χ1) is 11.1. The predicted molar refractivity (Wildman–Crippen MR) is 90.9 cm³/mol. The van der Waals surface area contributed by atoms with Crippen molar-refractivity contribution in [2.75, 3.05) is 0 Å². The smallest absolute Gasteiger partial charge is 0.336 e. The molecule has 0 bridgehead atoms. The van der Waals surface area contributed by atoms with Gasteiger partial charge in [-0.15, -0.1) is 0 Å². The molecule has 0 spiro atoms. The summed E-state index contributed by atoms with van der Waals surface area (Å²) in [6.07, 6.45) is 0. The van der Waals surface area contributed by atoms with E-state index in [0.29, 0.717) is 5.56 Å². The van der Waals surface area contributed by atoms with Crippen molar-refractivity contribution in [2.24, 2.45) is 0 Å². The molecule has 0 radical (unpaired) electrons. The molecule has 1 aromatic heterocycles. The van der Waals surface area contributed by atoms with Crippen LogP contribution in [0, 0.1) is 6.92 Å². The first-order valence-electron chi connectivity index (χ1n) is 7.40. The van der Waals surface area contributed by atoms with Crippen LogP contribution in [0.4, 0.5) is 0 Å². The van der Waals surface area contributed by atoms with Crippen LogP contribution in [0.5, 0.6) is 0 Å². The minimum absolute atomic E-state index is 0.290. The summed E-state index contributed by atoms with van der Waals surface area (Å²) in [7, 11) is 0. The number of carbonyl (C=O) groups is 1. The van der Waals surface area contributed by atoms with Gasteiger partial charge < -0.3 is 9.52 Å². The standard InChI is InChI=1S/C20H14O3/c1-12-9-10-13(17(11-12)20(21)22)15-6-4-7-16-14-5-2-3-8-18(14)23-19(15)16/h2-11H,1H3,(H,21,22). The SMILES string of the molecule is Cc1ccc(-c2cccc3c2oc2ccccc23)c(C(=O)O)c1. The Balaban J connectivity index is 2.09. The van der Waals surface area contributed by atoms with Crippen molar-refractivity contribution in [3.63, 3.8) is 0 Å². The van der Waals surface area contributed by atoms with Crippen LogP contribution >= 0.6 is 0 Å². The van der Waals surface area contributed by atoms with Crippen LogP contribution in [0.3, 0.4) is 0 Å². The zero-order valence-electron chi connectivity index (χ0n) is 12.5. The van der Waals surface area contributed by atoms with Crippen molar-refractivity contribution in [1.82, 2.24) is 0 Å². The molecule has 0 fully saturated rings. The normalized spacial score (nSPS) is 11.2. The third-order valence-corrected chi connectivity index (χ3v) is 4.10. The van der Waals surface area contributed by atoms with Crippen molar-refractivity contribution in [3.05, 3.63) is 71.8 Å². The molecule has 112 valence electrons. The third kappa shape index (κ3) is 2.09. The van der Waals surface area contributed by atoms with Gasteiger partial charge in [0.05, 0.1) is 5.56 Å². The zero-order chi connectivity index (χ0) is 16.0. The Morgan fingerprint density at radius 3 is 2.52 bits per heavy atom. The molecule has 0 saturated carbocycles. The van der Waals surface area contributed by atoms with Gasteiger partial charge in [-0.1, -0.05) is 54.1 Å². The van der Waals surface area contributed by atoms with E-state index in [0.717, 1.165) is 33.1 Å². The first kappa shape index (κ1) is 13.6. The fourth-order valence-electron chi connectivity index (χ4n) is 3.03. The van der Waals surface area contributed by atoms with E-state index in [2.05, 4.69) is 0 Å². The lowest BCUT2D eigenvalue weighted by Gasteiger charge is -2.08. The van der Waals surface area contributed by atoms with Crippen molar-refractivity contribution in [1.29, 1.82) is 0 Å². The van der Waals surface area contributed by atoms with Crippen LogP contribution in [-0.4, -0.2) is 11.1 Å². The number of fused-ring (bicyclic) bond motifs is 3. The molecule has 3 nitrogen and oxygen atoms in total. The minimum Gasteiger partial charge on any atom is -0.478 e. The molecule has 0 unspecified atom stereocenters. The number of hydrogen-bond donors (Lipinski definition) is 1. The fourth-order valence-corrected chi connectivity index (χ4v) is 3.03. The average Bonchev–Trinajstić information content (AvgIpc) is 2.93. The van der Waals surface area contributed by atoms with Gasteiger partial charge in [0.2, 0.25) is 0 Å². The number of carboxylic acid groups (broad SMARTS) is 1. The summed E-state index contributed by atoms with van der Waals surface area (Å²) in [5, 5.41) is 11.6. The first-order valence-corrected chi connectivity index (χ1v) is 7.40. The molecule has 0 aliphatic carbocycles. The van der Waals surface area contributed by atoms with Crippen molar-refractivity contribution in [2.45, 2.75) is 6.92 Å². The molecule has 1 N–H and O–H groups in total. The second kappa shape index (κ2) is 4.99. The van der Waals surface area contributed by atoms with E-state index in [1.165, 1.54) is 0 Å². The van der Waals surface area contributed by atoms with Gasteiger partial charge in [-0.25, -0.2) is 4.79 Å². The molecule has 23 heavy (non-hydrogen) atoms. The van der Waals surface area contributed by atoms with Crippen LogP contribution < -0.4 is 0 Å². The Labute approximate surface area is 132 Å². The highest BCUT2D eigenvalue weighted by Crippen LogP contribution is 2.37. The maximum Gasteiger partial charge on any atom is 0.336 e. The molecule has 0 saturated heterocycles. The van der Waals surface area contributed by atoms with E-state index in [1.54, 1.807) is 6.07 Å². The lowest BCUT2D eigenvalue weighted by molar-refractivity contribution is 0.0697. The van der Waals surface area contributed by atoms with Crippen LogP contribution in [0.25, 0.3) is 33.1 Å². The zero-order valence-corrected chi connectivity index (χ0v) is 12.5. The lowest BCUT2D eigenvalue weighted by Crippen LogP contribution is -2.00. The van der Waals surface area contributed by atoms with Crippen LogP contribution in [0.1, 0.15) is 15.9 Å². The van der Waals surface area contributed by atoms with Crippen LogP contribution in [-0.2, 0) is 0 Å². The van der Waals surface area contributed by atoms with Crippen molar-refractivity contribution >= 4 is 27.9 Å². The largest absolute Gasteiger partial charge is 0.478 e. The molecule has 0 amide bonds. The second-order valence-corrected chi connectivity index (χ2v) is 5.63. The predicted octanol–water partition coefficient (Wildman–Crippen LogP) is 5.26. The average molecular weight is 302 g/mol. The van der Waals surface area contributed by atoms with E-state index in [1.807, 2.05) is 61.5 Å². The van der Waals surface area contributed by atoms with Gasteiger partial charge in [-0.3, -0.25) is 0 Å². The Hall–Kier alpha value is -3.07. The maximum absolute atomic E-state index is 11.6. The van der Waals surface area contributed by atoms with Crippen LogP contribution in [0.2, 0.25) is 0 Å². The third-order valence-electron chi connectivity index (χ3n) is 4.10. The number of para-hydroxylation sites is 2. The number of benzene rings is 3. The van der Waals surface area contributed by atoms with Crippen molar-refractivity contribution in [3.8, 4) is 11.1 Å². The summed E-state index contributed by atoms with van der Waals surface area (Å²) in [5.41, 5.74) is 4.21. The molecule has 3 heteroatoms. The molecule has 0 aliphatic heterocycles. The molecule has 0 atom stereocenters. The Kier molecular flexibility index (Phi) is 2.95. The van der Waals surface area contributed by atoms with Gasteiger partial charge in [0.25, 0.3) is 0 Å². The molecular formula is C20H14O3. The molecular weight excluding hydrogens is 288 g/mol. The van der Waals surface area contributed by atoms with Gasteiger partial charge in [0.15, 0.2) is 0 Å². The van der Waals surface area contributed by atoms with Gasteiger partial charge in [-0.05, 0) is 24.6 Å². The molecule has 0 aliphatic rings. The van der Waals surface area contributed by atoms with Gasteiger partial charge >= 0.3 is 5.97 Å².